The van der Waals surface area contributed by atoms with Crippen molar-refractivity contribution in [1.82, 2.24) is 0 Å². The van der Waals surface area contributed by atoms with E-state index in [9.17, 15) is 4.39 Å². The molecule has 19 heavy (non-hydrogen) atoms. The zero-order valence-electron chi connectivity index (χ0n) is 12.0. The van der Waals surface area contributed by atoms with E-state index in [1.54, 1.807) is 7.11 Å². The standard InChI is InChI=1S/C16H22FNO/c1-11(2)16(18-6)15(10-19-7)14(5)12(3)8-9-13(4)17/h8-9,11H,3-6,10H2,1-2,7H3. The van der Waals surface area contributed by atoms with Gasteiger partial charge in [0.15, 0.2) is 0 Å². The molecule has 0 aromatic carbocycles. The van der Waals surface area contributed by atoms with Crippen LogP contribution in [0.4, 0.5) is 4.39 Å². The van der Waals surface area contributed by atoms with Crippen LogP contribution in [-0.4, -0.2) is 20.4 Å². The average molecular weight is 263 g/mol. The Morgan fingerprint density at radius 2 is 1.84 bits per heavy atom. The molecule has 104 valence electrons. The largest absolute Gasteiger partial charge is 0.380 e. The number of ether oxygens (including phenoxy) is 1. The summed E-state index contributed by atoms with van der Waals surface area (Å²) in [5.74, 6) is -0.343. The minimum atomic E-state index is -0.530. The molecule has 0 unspecified atom stereocenters. The molecule has 0 rings (SSSR count). The van der Waals surface area contributed by atoms with E-state index in [0.717, 1.165) is 11.3 Å². The number of hydrogen-bond donors (Lipinski definition) is 0. The lowest BCUT2D eigenvalue weighted by molar-refractivity contribution is 0.226. The van der Waals surface area contributed by atoms with Gasteiger partial charge < -0.3 is 4.74 Å². The Morgan fingerprint density at radius 3 is 2.21 bits per heavy atom. The summed E-state index contributed by atoms with van der Waals surface area (Å²) < 4.78 is 17.8. The predicted molar refractivity (Wildman–Crippen MR) is 81.0 cm³/mol. The molecule has 2 nitrogen and oxygen atoms in total. The molecule has 0 spiro atoms. The van der Waals surface area contributed by atoms with Crippen LogP contribution in [0, 0.1) is 5.92 Å². The Hall–Kier alpha value is -1.74. The zero-order chi connectivity index (χ0) is 15.0. The summed E-state index contributed by atoms with van der Waals surface area (Å²) >= 11 is 0. The third-order valence-electron chi connectivity index (χ3n) is 2.53. The highest BCUT2D eigenvalue weighted by Crippen LogP contribution is 2.26. The molecule has 0 amide bonds. The Morgan fingerprint density at radius 1 is 1.26 bits per heavy atom. The molecule has 0 aromatic rings. The molecule has 0 saturated carbocycles. The van der Waals surface area contributed by atoms with Crippen LogP contribution in [-0.2, 0) is 4.74 Å². The molecule has 0 fully saturated rings. The molecule has 0 heterocycles. The second-order valence-electron chi connectivity index (χ2n) is 4.39. The van der Waals surface area contributed by atoms with E-state index in [-0.39, 0.29) is 5.92 Å². The number of halogens is 1. The van der Waals surface area contributed by atoms with Crippen LogP contribution in [0.3, 0.4) is 0 Å². The zero-order valence-corrected chi connectivity index (χ0v) is 12.0. The molecule has 0 atom stereocenters. The van der Waals surface area contributed by atoms with Crippen molar-refractivity contribution in [2.45, 2.75) is 13.8 Å². The van der Waals surface area contributed by atoms with Crippen molar-refractivity contribution in [3.8, 4) is 0 Å². The highest BCUT2D eigenvalue weighted by atomic mass is 19.1. The maximum atomic E-state index is 12.6. The first-order valence-electron chi connectivity index (χ1n) is 5.94. The predicted octanol–water partition coefficient (Wildman–Crippen LogP) is 4.40. The number of hydrogen-bond acceptors (Lipinski definition) is 2. The number of nitrogens with zero attached hydrogens (tertiary/aromatic N) is 1. The van der Waals surface area contributed by atoms with Crippen molar-refractivity contribution in [3.63, 3.8) is 0 Å². The molecule has 0 aliphatic carbocycles. The van der Waals surface area contributed by atoms with Gasteiger partial charge in [-0.25, -0.2) is 4.39 Å². The first-order chi connectivity index (χ1) is 8.84. The molecule has 0 radical (unpaired) electrons. The molecule has 0 aliphatic heterocycles. The van der Waals surface area contributed by atoms with Crippen LogP contribution >= 0.6 is 0 Å². The van der Waals surface area contributed by atoms with Crippen molar-refractivity contribution in [3.05, 3.63) is 60.1 Å². The van der Waals surface area contributed by atoms with Gasteiger partial charge in [-0.05, 0) is 29.9 Å². The number of rotatable bonds is 8. The van der Waals surface area contributed by atoms with E-state index in [1.165, 1.54) is 12.2 Å². The van der Waals surface area contributed by atoms with Gasteiger partial charge in [0.05, 0.1) is 6.61 Å². The van der Waals surface area contributed by atoms with Gasteiger partial charge in [-0.2, -0.15) is 0 Å². The van der Waals surface area contributed by atoms with Gasteiger partial charge >= 0.3 is 0 Å². The fourth-order valence-corrected chi connectivity index (χ4v) is 1.57. The van der Waals surface area contributed by atoms with Crippen molar-refractivity contribution < 1.29 is 9.13 Å². The van der Waals surface area contributed by atoms with Crippen molar-refractivity contribution in [2.24, 2.45) is 10.9 Å². The molecule has 0 bridgehead atoms. The third kappa shape index (κ3) is 5.62. The second kappa shape index (κ2) is 8.38. The van der Waals surface area contributed by atoms with E-state index in [0.29, 0.717) is 17.8 Å². The molecule has 0 N–H and O–H groups in total. The van der Waals surface area contributed by atoms with Gasteiger partial charge in [-0.15, -0.1) is 0 Å². The van der Waals surface area contributed by atoms with Crippen LogP contribution in [0.2, 0.25) is 0 Å². The number of allylic oxidation sites excluding steroid dienone is 5. The van der Waals surface area contributed by atoms with Crippen LogP contribution in [0.15, 0.2) is 65.1 Å². The Balaban J connectivity index is 5.42. The Labute approximate surface area is 115 Å². The van der Waals surface area contributed by atoms with Crippen LogP contribution < -0.4 is 0 Å². The quantitative estimate of drug-likeness (QED) is 0.470. The van der Waals surface area contributed by atoms with Crippen molar-refractivity contribution >= 4 is 6.72 Å². The fraction of sp³-hybridized carbons (Fsp3) is 0.312. The first kappa shape index (κ1) is 17.3. The third-order valence-corrected chi connectivity index (χ3v) is 2.53. The van der Waals surface area contributed by atoms with Gasteiger partial charge in [-0.3, -0.25) is 4.99 Å². The van der Waals surface area contributed by atoms with E-state index in [4.69, 9.17) is 4.74 Å². The maximum absolute atomic E-state index is 12.6. The van der Waals surface area contributed by atoms with Gasteiger partial charge in [0, 0.05) is 18.4 Å². The molecule has 3 heteroatoms. The summed E-state index contributed by atoms with van der Waals surface area (Å²) in [6.45, 7) is 18.9. The number of aliphatic imine (C=N–C) groups is 1. The minimum absolute atomic E-state index is 0.187. The van der Waals surface area contributed by atoms with E-state index >= 15 is 0 Å². The Bertz CT molecular complexity index is 442. The summed E-state index contributed by atoms with van der Waals surface area (Å²) in [4.78, 5) is 4.04. The van der Waals surface area contributed by atoms with E-state index in [1.807, 2.05) is 13.8 Å². The van der Waals surface area contributed by atoms with Gasteiger partial charge in [0.2, 0.25) is 0 Å². The molecule has 0 aromatic heterocycles. The summed E-state index contributed by atoms with van der Waals surface area (Å²) in [7, 11) is 1.59. The lowest BCUT2D eigenvalue weighted by atomic mass is 9.95. The van der Waals surface area contributed by atoms with E-state index < -0.39 is 5.83 Å². The fourth-order valence-electron chi connectivity index (χ4n) is 1.57. The average Bonchev–Trinajstić information content (AvgIpc) is 2.34. The van der Waals surface area contributed by atoms with Crippen molar-refractivity contribution in [1.29, 1.82) is 0 Å². The summed E-state index contributed by atoms with van der Waals surface area (Å²) in [6, 6.07) is 0. The van der Waals surface area contributed by atoms with Gasteiger partial charge in [-0.1, -0.05) is 39.7 Å². The summed E-state index contributed by atoms with van der Waals surface area (Å²) in [5, 5.41) is 0. The lowest BCUT2D eigenvalue weighted by Crippen LogP contribution is -2.06. The van der Waals surface area contributed by atoms with Crippen molar-refractivity contribution in [2.75, 3.05) is 13.7 Å². The van der Waals surface area contributed by atoms with Gasteiger partial charge in [0.1, 0.15) is 5.83 Å². The minimum Gasteiger partial charge on any atom is -0.380 e. The highest BCUT2D eigenvalue weighted by molar-refractivity contribution is 5.52. The van der Waals surface area contributed by atoms with Crippen LogP contribution in [0.25, 0.3) is 0 Å². The van der Waals surface area contributed by atoms with Gasteiger partial charge in [0.25, 0.3) is 0 Å². The Kier molecular flexibility index (Phi) is 7.61. The topological polar surface area (TPSA) is 21.6 Å². The number of methoxy groups -OCH3 is 1. The van der Waals surface area contributed by atoms with E-state index in [2.05, 4.69) is 31.4 Å². The SMILES string of the molecule is C=NC(=C(COC)C(=C)C(=C)C=CC(=C)F)C(C)C. The maximum Gasteiger partial charge on any atom is 0.116 e. The molecule has 0 aliphatic rings. The highest BCUT2D eigenvalue weighted by Gasteiger charge is 2.13. The molecule has 0 saturated heterocycles. The summed E-state index contributed by atoms with van der Waals surface area (Å²) in [6.07, 6.45) is 2.77. The van der Waals surface area contributed by atoms with Crippen LogP contribution in [0.1, 0.15) is 13.8 Å². The monoisotopic (exact) mass is 263 g/mol. The summed E-state index contributed by atoms with van der Waals surface area (Å²) in [5.41, 5.74) is 2.88. The smallest absolute Gasteiger partial charge is 0.116 e. The lowest BCUT2D eigenvalue weighted by Gasteiger charge is -2.16. The first-order valence-corrected chi connectivity index (χ1v) is 5.94. The second-order valence-corrected chi connectivity index (χ2v) is 4.39. The normalized spacial score (nSPS) is 12.5. The van der Waals surface area contributed by atoms with Crippen LogP contribution in [0.5, 0.6) is 0 Å². The molecular formula is C16H22FNO. The molecular weight excluding hydrogens is 241 g/mol.